The van der Waals surface area contributed by atoms with Gasteiger partial charge < -0.3 is 14.6 Å². The molecule has 0 spiro atoms. The second-order valence-electron chi connectivity index (χ2n) is 7.92. The van der Waals surface area contributed by atoms with Crippen molar-refractivity contribution < 1.29 is 23.0 Å². The van der Waals surface area contributed by atoms with Crippen LogP contribution in [0, 0.1) is 0 Å². The van der Waals surface area contributed by atoms with E-state index in [0.29, 0.717) is 46.6 Å². The molecule has 0 radical (unpaired) electrons. The van der Waals surface area contributed by atoms with E-state index >= 15 is 0 Å². The number of nitrogens with zero attached hydrogens (tertiary/aromatic N) is 2. The van der Waals surface area contributed by atoms with E-state index in [1.165, 1.54) is 16.7 Å². The van der Waals surface area contributed by atoms with Crippen LogP contribution in [0.5, 0.6) is 17.4 Å². The molecule has 1 atom stereocenters. The molecular weight excluding hydrogens is 524 g/mol. The molecule has 2 aromatic carbocycles. The number of unbranched alkanes of at least 4 members (excludes halogenated alkanes) is 1. The average Bonchev–Trinajstić information content (AvgIpc) is 3.29. The number of benzene rings is 2. The molecule has 180 valence electrons. The van der Waals surface area contributed by atoms with Crippen molar-refractivity contribution in [3.8, 4) is 17.4 Å². The van der Waals surface area contributed by atoms with E-state index in [0.717, 1.165) is 6.42 Å². The zero-order chi connectivity index (χ0) is 24.5. The predicted molar refractivity (Wildman–Crippen MR) is 129 cm³/mol. The van der Waals surface area contributed by atoms with E-state index in [-0.39, 0.29) is 11.7 Å². The Labute approximate surface area is 206 Å². The van der Waals surface area contributed by atoms with E-state index in [9.17, 15) is 18.3 Å². The average molecular weight is 549 g/mol. The van der Waals surface area contributed by atoms with Gasteiger partial charge in [-0.05, 0) is 43.2 Å². The highest BCUT2D eigenvalue weighted by Gasteiger charge is 2.33. The molecule has 1 aliphatic heterocycles. The molecule has 10 heteroatoms. The van der Waals surface area contributed by atoms with Crippen molar-refractivity contribution in [2.24, 2.45) is 0 Å². The maximum Gasteiger partial charge on any atom is 0.277 e. The second kappa shape index (κ2) is 9.79. The molecule has 1 aromatic heterocycles. The molecule has 2 heterocycles. The largest absolute Gasteiger partial charge is 0.492 e. The number of hydrogen-bond donors (Lipinski definition) is 1. The van der Waals surface area contributed by atoms with Gasteiger partial charge >= 0.3 is 0 Å². The van der Waals surface area contributed by atoms with Gasteiger partial charge in [0.05, 0.1) is 10.9 Å². The number of aromatic nitrogens is 2. The fourth-order valence-corrected chi connectivity index (χ4v) is 5.71. The van der Waals surface area contributed by atoms with Crippen LogP contribution in [0.25, 0.3) is 0 Å². The van der Waals surface area contributed by atoms with E-state index in [2.05, 4.69) is 20.9 Å². The number of para-hydroxylation sites is 1. The molecule has 0 saturated heterocycles. The minimum absolute atomic E-state index is 0.0669. The predicted octanol–water partition coefficient (Wildman–Crippen LogP) is 4.61. The quantitative estimate of drug-likeness (QED) is 0.437. The van der Waals surface area contributed by atoms with Crippen molar-refractivity contribution in [1.29, 1.82) is 0 Å². The van der Waals surface area contributed by atoms with Crippen LogP contribution >= 0.6 is 15.9 Å². The summed E-state index contributed by atoms with van der Waals surface area (Å²) in [5, 5.41) is 10.7. The maximum atomic E-state index is 13.8. The lowest BCUT2D eigenvalue weighted by Crippen LogP contribution is -2.33. The van der Waals surface area contributed by atoms with Crippen LogP contribution in [0.4, 0.5) is 0 Å². The summed E-state index contributed by atoms with van der Waals surface area (Å²) >= 11 is 3.28. The summed E-state index contributed by atoms with van der Waals surface area (Å²) in [6.45, 7) is 3.96. The van der Waals surface area contributed by atoms with Gasteiger partial charge in [-0.25, -0.2) is 8.42 Å². The van der Waals surface area contributed by atoms with Crippen molar-refractivity contribution in [3.05, 3.63) is 68.7 Å². The monoisotopic (exact) mass is 548 g/mol. The third-order valence-electron chi connectivity index (χ3n) is 5.76. The highest BCUT2D eigenvalue weighted by atomic mass is 79.9. The van der Waals surface area contributed by atoms with E-state index in [1.54, 1.807) is 24.3 Å². The van der Waals surface area contributed by atoms with Gasteiger partial charge in [0, 0.05) is 16.5 Å². The summed E-state index contributed by atoms with van der Waals surface area (Å²) in [5.41, 5.74) is -0.123. The van der Waals surface area contributed by atoms with E-state index in [1.807, 2.05) is 19.9 Å². The fraction of sp³-hybridized carbons (Fsp3) is 0.333. The minimum Gasteiger partial charge on any atom is -0.492 e. The Morgan fingerprint density at radius 1 is 1.15 bits per heavy atom. The van der Waals surface area contributed by atoms with Crippen LogP contribution < -0.4 is 15.0 Å². The first kappa shape index (κ1) is 24.3. The second-order valence-corrected chi connectivity index (χ2v) is 10.7. The Hall–Kier alpha value is -2.85. The maximum absolute atomic E-state index is 13.8. The lowest BCUT2D eigenvalue weighted by molar-refractivity contribution is 0.172. The highest BCUT2D eigenvalue weighted by Crippen LogP contribution is 2.41. The van der Waals surface area contributed by atoms with Gasteiger partial charge in [0.25, 0.3) is 5.56 Å². The van der Waals surface area contributed by atoms with Gasteiger partial charge in [-0.15, -0.1) is 0 Å². The molecule has 0 fully saturated rings. The normalized spacial score (nSPS) is 13.7. The molecule has 4 rings (SSSR count). The molecule has 0 bridgehead atoms. The Morgan fingerprint density at radius 2 is 1.88 bits per heavy atom. The zero-order valence-electron chi connectivity index (χ0n) is 18.8. The summed E-state index contributed by atoms with van der Waals surface area (Å²) in [6, 6.07) is 10.7. The number of rotatable bonds is 8. The minimum atomic E-state index is -4.33. The summed E-state index contributed by atoms with van der Waals surface area (Å²) < 4.78 is 40.1. The molecule has 0 amide bonds. The molecule has 0 saturated carbocycles. The number of aromatic hydroxyl groups is 1. The first-order valence-corrected chi connectivity index (χ1v) is 13.3. The Balaban J connectivity index is 1.97. The Morgan fingerprint density at radius 3 is 2.56 bits per heavy atom. The summed E-state index contributed by atoms with van der Waals surface area (Å²) in [7, 11) is -4.33. The van der Waals surface area contributed by atoms with Crippen LogP contribution in [0.3, 0.4) is 0 Å². The van der Waals surface area contributed by atoms with Gasteiger partial charge in [-0.3, -0.25) is 9.36 Å². The van der Waals surface area contributed by atoms with E-state index < -0.39 is 32.2 Å². The van der Waals surface area contributed by atoms with Crippen molar-refractivity contribution in [3.63, 3.8) is 0 Å². The molecule has 1 aliphatic rings. The zero-order valence-corrected chi connectivity index (χ0v) is 21.2. The highest BCUT2D eigenvalue weighted by molar-refractivity contribution is 9.10. The SMILES string of the molecule is CCCCc1nc(O)c(S(=O)(=O)c2ccc(Br)cc2)c(=O)n1[C@@H](CC)c1cccc2c1OCO2. The standard InChI is InChI=1S/C24H25BrN2O6S/c1-3-5-9-20-26-23(28)22(34(30,31)16-12-10-15(25)11-13-16)24(29)27(20)18(4-2)17-7-6-8-19-21(17)33-14-32-19/h6-8,10-13,18,28H,3-5,9,14H2,1-2H3/t18-/m0/s1. The summed E-state index contributed by atoms with van der Waals surface area (Å²) in [6.07, 6.45) is 2.42. The summed E-state index contributed by atoms with van der Waals surface area (Å²) in [5.74, 6) is 0.618. The van der Waals surface area contributed by atoms with Crippen LogP contribution in [0.1, 0.15) is 50.5 Å². The molecule has 34 heavy (non-hydrogen) atoms. The lowest BCUT2D eigenvalue weighted by atomic mass is 10.0. The topological polar surface area (TPSA) is 108 Å². The first-order chi connectivity index (χ1) is 16.3. The molecule has 3 aromatic rings. The van der Waals surface area contributed by atoms with Crippen LogP contribution in [0.15, 0.2) is 61.5 Å². The van der Waals surface area contributed by atoms with Crippen molar-refractivity contribution >= 4 is 25.8 Å². The number of halogens is 1. The Kier molecular flexibility index (Phi) is 6.99. The fourth-order valence-electron chi connectivity index (χ4n) is 4.11. The number of sulfone groups is 1. The number of fused-ring (bicyclic) bond motifs is 1. The van der Waals surface area contributed by atoms with Crippen molar-refractivity contribution in [2.75, 3.05) is 6.79 Å². The first-order valence-electron chi connectivity index (χ1n) is 11.0. The van der Waals surface area contributed by atoms with Gasteiger partial charge in [-0.1, -0.05) is 48.3 Å². The molecular formula is C24H25BrN2O6S. The third kappa shape index (κ3) is 4.32. The van der Waals surface area contributed by atoms with Crippen molar-refractivity contribution in [2.45, 2.75) is 55.4 Å². The van der Waals surface area contributed by atoms with Gasteiger partial charge in [0.15, 0.2) is 16.4 Å². The smallest absolute Gasteiger partial charge is 0.277 e. The summed E-state index contributed by atoms with van der Waals surface area (Å²) in [4.78, 5) is 17.2. The Bertz CT molecular complexity index is 1370. The number of aryl methyl sites for hydroxylation is 1. The molecule has 0 unspecified atom stereocenters. The molecule has 1 N–H and O–H groups in total. The van der Waals surface area contributed by atoms with Crippen LogP contribution in [-0.2, 0) is 16.3 Å². The van der Waals surface area contributed by atoms with E-state index in [4.69, 9.17) is 9.47 Å². The van der Waals surface area contributed by atoms with Gasteiger partial charge in [0.1, 0.15) is 5.82 Å². The van der Waals surface area contributed by atoms with Gasteiger partial charge in [-0.2, -0.15) is 4.98 Å². The number of hydrogen-bond acceptors (Lipinski definition) is 7. The van der Waals surface area contributed by atoms with Crippen molar-refractivity contribution in [1.82, 2.24) is 9.55 Å². The molecule has 0 aliphatic carbocycles. The third-order valence-corrected chi connectivity index (χ3v) is 8.08. The number of ether oxygens (including phenoxy) is 2. The lowest BCUT2D eigenvalue weighted by Gasteiger charge is -2.24. The molecule has 8 nitrogen and oxygen atoms in total. The van der Waals surface area contributed by atoms with Gasteiger partial charge in [0.2, 0.25) is 22.5 Å². The van der Waals surface area contributed by atoms with Crippen LogP contribution in [-0.4, -0.2) is 29.9 Å². The van der Waals surface area contributed by atoms with Crippen LogP contribution in [0.2, 0.25) is 0 Å².